The minimum Gasteiger partial charge on any atom is -0.756 e. The lowest BCUT2D eigenvalue weighted by atomic mass is 10.3. The summed E-state index contributed by atoms with van der Waals surface area (Å²) in [5.74, 6) is 2.47. The molecule has 0 bridgehead atoms. The molecule has 0 saturated carbocycles. The summed E-state index contributed by atoms with van der Waals surface area (Å²) < 4.78 is 15.2. The Kier molecular flexibility index (Phi) is 6.98. The number of hydroxylamine groups is 2. The van der Waals surface area contributed by atoms with E-state index in [0.717, 1.165) is 66.9 Å². The molecule has 1 aromatic carbocycles. The Bertz CT molecular complexity index is 640. The molecule has 0 spiro atoms. The summed E-state index contributed by atoms with van der Waals surface area (Å²) >= 11 is 1.62. The van der Waals surface area contributed by atoms with Crippen LogP contribution in [0.3, 0.4) is 0 Å². The molecule has 2 aliphatic heterocycles. The largest absolute Gasteiger partial charge is 0.756 e. The Morgan fingerprint density at radius 1 is 1.22 bits per heavy atom. The molecule has 1 N–H and O–H groups in total. The summed E-state index contributed by atoms with van der Waals surface area (Å²) in [6.07, 6.45) is 3.60. The van der Waals surface area contributed by atoms with Gasteiger partial charge in [-0.15, -0.1) is 0 Å². The van der Waals surface area contributed by atoms with E-state index < -0.39 is 0 Å². The third-order valence-electron chi connectivity index (χ3n) is 4.60. The van der Waals surface area contributed by atoms with Gasteiger partial charge in [0, 0.05) is 18.7 Å². The monoisotopic (exact) mass is 393 g/mol. The minimum absolute atomic E-state index is 0.131. The van der Waals surface area contributed by atoms with Gasteiger partial charge in [0.1, 0.15) is 17.3 Å². The van der Waals surface area contributed by atoms with Gasteiger partial charge in [0.25, 0.3) is 0 Å². The second-order valence-electron chi connectivity index (χ2n) is 6.78. The van der Waals surface area contributed by atoms with E-state index in [9.17, 15) is 5.21 Å². The first kappa shape index (κ1) is 20.0. The van der Waals surface area contributed by atoms with Crippen molar-refractivity contribution >= 4 is 12.1 Å². The van der Waals surface area contributed by atoms with Crippen LogP contribution in [0, 0.1) is 5.21 Å². The molecule has 8 heteroatoms. The van der Waals surface area contributed by atoms with Crippen LogP contribution in [0.15, 0.2) is 35.8 Å². The average molecular weight is 394 g/mol. The number of rotatable bonds is 9. The van der Waals surface area contributed by atoms with Crippen LogP contribution in [-0.4, -0.2) is 53.7 Å². The van der Waals surface area contributed by atoms with Gasteiger partial charge in [-0.05, 0) is 50.6 Å². The molecule has 7 nitrogen and oxygen atoms in total. The molecular formula is C19H29N4O3S-. The number of hydrogen-bond donors (Lipinski definition) is 1. The van der Waals surface area contributed by atoms with Crippen molar-refractivity contribution in [3.8, 4) is 11.5 Å². The molecule has 3 rings (SSSR count). The number of ether oxygens (including phenoxy) is 2. The fraction of sp³-hybridized carbons (Fsp3) is 0.579. The fourth-order valence-electron chi connectivity index (χ4n) is 3.27. The van der Waals surface area contributed by atoms with E-state index in [0.29, 0.717) is 6.61 Å². The fourth-order valence-corrected chi connectivity index (χ4v) is 4.27. The number of likely N-dealkylation sites (N-methyl/N-ethyl adjacent to an activating group) is 1. The van der Waals surface area contributed by atoms with Crippen molar-refractivity contribution in [3.63, 3.8) is 0 Å². The van der Waals surface area contributed by atoms with E-state index in [2.05, 4.69) is 27.9 Å². The molecule has 0 amide bonds. The van der Waals surface area contributed by atoms with Crippen LogP contribution in [0.1, 0.15) is 32.6 Å². The molecule has 0 saturated heterocycles. The van der Waals surface area contributed by atoms with Gasteiger partial charge in [-0.2, -0.15) is 0 Å². The first-order valence-electron chi connectivity index (χ1n) is 9.52. The summed E-state index contributed by atoms with van der Waals surface area (Å²) in [5.41, 5.74) is 1.04. The highest BCUT2D eigenvalue weighted by Crippen LogP contribution is 2.35. The second kappa shape index (κ2) is 9.43. The normalized spacial score (nSPS) is 19.9. The Morgan fingerprint density at radius 3 is 2.67 bits per heavy atom. The smallest absolute Gasteiger partial charge is 0.127 e. The predicted octanol–water partition coefficient (Wildman–Crippen LogP) is 3.36. The summed E-state index contributed by atoms with van der Waals surface area (Å²) in [6.45, 7) is 4.35. The third kappa shape index (κ3) is 4.94. The Labute approximate surface area is 166 Å². The van der Waals surface area contributed by atoms with Gasteiger partial charge in [0.15, 0.2) is 0 Å². The Hall–Kier alpha value is -1.77. The van der Waals surface area contributed by atoms with Crippen LogP contribution in [-0.2, 0) is 0 Å². The van der Waals surface area contributed by atoms with Crippen molar-refractivity contribution in [3.05, 3.63) is 41.0 Å². The summed E-state index contributed by atoms with van der Waals surface area (Å²) in [7, 11) is 3.71. The van der Waals surface area contributed by atoms with Gasteiger partial charge in [-0.3, -0.25) is 4.31 Å². The van der Waals surface area contributed by atoms with E-state index in [1.165, 1.54) is 0 Å². The molecule has 27 heavy (non-hydrogen) atoms. The van der Waals surface area contributed by atoms with Crippen LogP contribution in [0.4, 0.5) is 0 Å². The molecule has 0 radical (unpaired) electrons. The molecule has 1 unspecified atom stereocenters. The molecule has 1 aromatic rings. The zero-order chi connectivity index (χ0) is 19.2. The molecule has 0 aliphatic carbocycles. The molecule has 1 atom stereocenters. The van der Waals surface area contributed by atoms with Crippen LogP contribution in [0.25, 0.3) is 0 Å². The van der Waals surface area contributed by atoms with E-state index in [4.69, 9.17) is 9.47 Å². The van der Waals surface area contributed by atoms with Crippen molar-refractivity contribution in [1.82, 2.24) is 19.0 Å². The third-order valence-corrected chi connectivity index (χ3v) is 5.56. The van der Waals surface area contributed by atoms with Crippen molar-refractivity contribution in [2.75, 3.05) is 33.9 Å². The number of unbranched alkanes of at least 4 members (excludes halogenated alkanes) is 1. The molecule has 150 valence electrons. The van der Waals surface area contributed by atoms with Crippen molar-refractivity contribution in [1.29, 1.82) is 0 Å². The van der Waals surface area contributed by atoms with Crippen molar-refractivity contribution in [2.24, 2.45) is 0 Å². The Morgan fingerprint density at radius 2 is 1.96 bits per heavy atom. The lowest BCUT2D eigenvalue weighted by molar-refractivity contribution is 0.270. The number of nitrogens with zero attached hydrogens (tertiary/aromatic N) is 3. The van der Waals surface area contributed by atoms with Crippen LogP contribution in [0.2, 0.25) is 0 Å². The van der Waals surface area contributed by atoms with Gasteiger partial charge in [-0.1, -0.05) is 13.3 Å². The highest BCUT2D eigenvalue weighted by Gasteiger charge is 2.33. The van der Waals surface area contributed by atoms with E-state index in [1.54, 1.807) is 19.2 Å². The highest BCUT2D eigenvalue weighted by molar-refractivity contribution is 7.94. The second-order valence-corrected chi connectivity index (χ2v) is 8.01. The van der Waals surface area contributed by atoms with Gasteiger partial charge in [0.05, 0.1) is 32.1 Å². The summed E-state index contributed by atoms with van der Waals surface area (Å²) in [4.78, 5) is 0. The topological polar surface area (TPSA) is 63.3 Å². The van der Waals surface area contributed by atoms with Gasteiger partial charge in [-0.25, -0.2) is 4.31 Å². The summed E-state index contributed by atoms with van der Waals surface area (Å²) in [6, 6.07) is 7.62. The number of nitrogens with one attached hydrogen (secondary N) is 1. The number of methoxy groups -OCH3 is 1. The maximum Gasteiger partial charge on any atom is 0.127 e. The van der Waals surface area contributed by atoms with Crippen LogP contribution < -0.4 is 14.8 Å². The number of hydrogen-bond acceptors (Lipinski definition) is 8. The molecule has 0 fully saturated rings. The standard InChI is InChI=1S/C19H29N4O3S/c1-4-7-18-20-17-14-21(2)27-22(19(17)23(18)24)12-5-6-13-26-16-10-8-15(25-3)9-11-16/h8-11,18,20H,4-7,12-14H2,1-3H3/q-1. The zero-order valence-corrected chi connectivity index (χ0v) is 17.1. The maximum atomic E-state index is 12.7. The summed E-state index contributed by atoms with van der Waals surface area (Å²) in [5, 5.41) is 17.2. The predicted molar refractivity (Wildman–Crippen MR) is 109 cm³/mol. The van der Waals surface area contributed by atoms with Crippen LogP contribution in [0.5, 0.6) is 11.5 Å². The maximum absolute atomic E-state index is 12.7. The van der Waals surface area contributed by atoms with E-state index in [1.807, 2.05) is 24.3 Å². The van der Waals surface area contributed by atoms with Crippen molar-refractivity contribution < 1.29 is 9.47 Å². The van der Waals surface area contributed by atoms with E-state index >= 15 is 0 Å². The quantitative estimate of drug-likeness (QED) is 0.506. The minimum atomic E-state index is -0.131. The first-order valence-corrected chi connectivity index (χ1v) is 10.2. The first-order chi connectivity index (χ1) is 13.1. The molecule has 2 heterocycles. The molecule has 2 aliphatic rings. The molecule has 0 aromatic heterocycles. The van der Waals surface area contributed by atoms with Crippen LogP contribution >= 0.6 is 12.1 Å². The van der Waals surface area contributed by atoms with Gasteiger partial charge >= 0.3 is 0 Å². The Balaban J connectivity index is 1.46. The van der Waals surface area contributed by atoms with Crippen molar-refractivity contribution in [2.45, 2.75) is 38.8 Å². The zero-order valence-electron chi connectivity index (χ0n) is 16.3. The molecular weight excluding hydrogens is 364 g/mol. The number of benzene rings is 1. The van der Waals surface area contributed by atoms with E-state index in [-0.39, 0.29) is 6.17 Å². The van der Waals surface area contributed by atoms with Gasteiger partial charge < -0.3 is 25.1 Å². The highest BCUT2D eigenvalue weighted by atomic mass is 32.2. The lowest BCUT2D eigenvalue weighted by Crippen LogP contribution is -2.36. The lowest BCUT2D eigenvalue weighted by Gasteiger charge is -2.41. The SMILES string of the molecule is CCCC1NC2=C(N(CCCCOc3ccc(OC)cc3)SN(C)C2)N1[O-]. The average Bonchev–Trinajstić information content (AvgIpc) is 2.97. The van der Waals surface area contributed by atoms with Gasteiger partial charge in [0.2, 0.25) is 0 Å².